The summed E-state index contributed by atoms with van der Waals surface area (Å²) in [5.41, 5.74) is 9.74. The van der Waals surface area contributed by atoms with Gasteiger partial charge in [0.25, 0.3) is 11.8 Å². The standard InChI is InChI=1S/C26H25N5O4S/c1-15-7-9-17(10-8-15)22-13-20(26(33)29-21-6-4-3-5-19(21)24(27)32)23-16(2)30-31(25(23)28-22)18-11-12-36(34,35)14-18/h3-10,13,18H,11-12,14H2,1-2H3,(H2,27,32)(H,29,33). The second-order valence-corrected chi connectivity index (χ2v) is 11.3. The molecule has 5 rings (SSSR count). The van der Waals surface area contributed by atoms with E-state index in [-0.39, 0.29) is 23.1 Å². The van der Waals surface area contributed by atoms with Crippen molar-refractivity contribution < 1.29 is 18.0 Å². The number of nitrogens with one attached hydrogen (secondary N) is 1. The first-order valence-corrected chi connectivity index (χ1v) is 13.3. The summed E-state index contributed by atoms with van der Waals surface area (Å²) in [5.74, 6) is -1.04. The molecule has 9 nitrogen and oxygen atoms in total. The van der Waals surface area contributed by atoms with Crippen LogP contribution in [0.4, 0.5) is 5.69 Å². The third-order valence-electron chi connectivity index (χ3n) is 6.42. The number of hydrogen-bond donors (Lipinski definition) is 2. The molecular weight excluding hydrogens is 478 g/mol. The molecule has 0 bridgehead atoms. The van der Waals surface area contributed by atoms with Crippen LogP contribution in [0.3, 0.4) is 0 Å². The molecule has 2 amide bonds. The number of fused-ring (bicyclic) bond motifs is 1. The lowest BCUT2D eigenvalue weighted by Crippen LogP contribution is -2.19. The molecule has 1 aliphatic rings. The smallest absolute Gasteiger partial charge is 0.256 e. The summed E-state index contributed by atoms with van der Waals surface area (Å²) in [6, 6.07) is 15.6. The molecule has 4 aromatic rings. The van der Waals surface area contributed by atoms with Gasteiger partial charge in [-0.05, 0) is 38.5 Å². The van der Waals surface area contributed by atoms with Gasteiger partial charge in [0.1, 0.15) is 0 Å². The van der Waals surface area contributed by atoms with Crippen LogP contribution in [0.1, 0.15) is 44.4 Å². The molecule has 1 fully saturated rings. The Bertz CT molecular complexity index is 1620. The predicted octanol–water partition coefficient (Wildman–Crippen LogP) is 3.43. The average molecular weight is 504 g/mol. The number of anilines is 1. The van der Waals surface area contributed by atoms with Crippen molar-refractivity contribution in [2.45, 2.75) is 26.3 Å². The molecule has 36 heavy (non-hydrogen) atoms. The maximum Gasteiger partial charge on any atom is 0.256 e. The first kappa shape index (κ1) is 23.7. The molecule has 10 heteroatoms. The fraction of sp³-hybridized carbons (Fsp3) is 0.231. The van der Waals surface area contributed by atoms with Crippen LogP contribution < -0.4 is 11.1 Å². The number of hydrogen-bond acceptors (Lipinski definition) is 6. The highest BCUT2D eigenvalue weighted by Gasteiger charge is 2.32. The van der Waals surface area contributed by atoms with Gasteiger partial charge in [-0.25, -0.2) is 18.1 Å². The van der Waals surface area contributed by atoms with E-state index in [0.29, 0.717) is 40.1 Å². The summed E-state index contributed by atoms with van der Waals surface area (Å²) >= 11 is 0. The van der Waals surface area contributed by atoms with Crippen LogP contribution in [0.5, 0.6) is 0 Å². The number of aromatic nitrogens is 3. The number of carbonyl (C=O) groups excluding carboxylic acids is 2. The molecular formula is C26H25N5O4S. The van der Waals surface area contributed by atoms with Gasteiger partial charge in [0.15, 0.2) is 15.5 Å². The normalized spacial score (nSPS) is 16.8. The topological polar surface area (TPSA) is 137 Å². The van der Waals surface area contributed by atoms with Crippen LogP contribution in [-0.2, 0) is 9.84 Å². The molecule has 3 N–H and O–H groups in total. The maximum atomic E-state index is 13.6. The Morgan fingerprint density at radius 2 is 1.78 bits per heavy atom. The molecule has 184 valence electrons. The second kappa shape index (κ2) is 8.87. The van der Waals surface area contributed by atoms with Gasteiger partial charge in [0.2, 0.25) is 0 Å². The molecule has 0 radical (unpaired) electrons. The highest BCUT2D eigenvalue weighted by atomic mass is 32.2. The Morgan fingerprint density at radius 1 is 1.06 bits per heavy atom. The number of sulfone groups is 1. The van der Waals surface area contributed by atoms with Gasteiger partial charge in [0.05, 0.1) is 51.1 Å². The van der Waals surface area contributed by atoms with Gasteiger partial charge < -0.3 is 11.1 Å². The van der Waals surface area contributed by atoms with Crippen molar-refractivity contribution in [2.24, 2.45) is 5.73 Å². The molecule has 1 unspecified atom stereocenters. The van der Waals surface area contributed by atoms with E-state index in [9.17, 15) is 18.0 Å². The van der Waals surface area contributed by atoms with Crippen molar-refractivity contribution in [3.63, 3.8) is 0 Å². The summed E-state index contributed by atoms with van der Waals surface area (Å²) in [4.78, 5) is 30.3. The molecule has 0 saturated carbocycles. The number of amides is 2. The zero-order chi connectivity index (χ0) is 25.6. The van der Waals surface area contributed by atoms with Crippen molar-refractivity contribution in [1.29, 1.82) is 0 Å². The van der Waals surface area contributed by atoms with Crippen LogP contribution in [-0.4, -0.2) is 46.5 Å². The van der Waals surface area contributed by atoms with Crippen molar-refractivity contribution >= 4 is 38.4 Å². The fourth-order valence-corrected chi connectivity index (χ4v) is 6.28. The minimum absolute atomic E-state index is 0.0207. The second-order valence-electron chi connectivity index (χ2n) is 9.07. The first-order valence-electron chi connectivity index (χ1n) is 11.5. The number of benzene rings is 2. The number of aryl methyl sites for hydroxylation is 2. The molecule has 1 aliphatic heterocycles. The quantitative estimate of drug-likeness (QED) is 0.428. The zero-order valence-electron chi connectivity index (χ0n) is 19.9. The molecule has 3 heterocycles. The van der Waals surface area contributed by atoms with E-state index in [2.05, 4.69) is 10.4 Å². The van der Waals surface area contributed by atoms with E-state index >= 15 is 0 Å². The highest BCUT2D eigenvalue weighted by molar-refractivity contribution is 7.91. The fourth-order valence-electron chi connectivity index (χ4n) is 4.58. The Hall–Kier alpha value is -4.05. The Morgan fingerprint density at radius 3 is 2.44 bits per heavy atom. The molecule has 2 aromatic carbocycles. The van der Waals surface area contributed by atoms with Gasteiger partial charge in [-0.3, -0.25) is 9.59 Å². The van der Waals surface area contributed by atoms with E-state index in [4.69, 9.17) is 10.7 Å². The van der Waals surface area contributed by atoms with Crippen molar-refractivity contribution in [3.8, 4) is 11.3 Å². The van der Waals surface area contributed by atoms with E-state index in [1.807, 2.05) is 31.2 Å². The summed E-state index contributed by atoms with van der Waals surface area (Å²) in [7, 11) is -3.16. The van der Waals surface area contributed by atoms with Crippen LogP contribution in [0.15, 0.2) is 54.6 Å². The van der Waals surface area contributed by atoms with Gasteiger partial charge in [-0.1, -0.05) is 42.0 Å². The molecule has 1 saturated heterocycles. The number of pyridine rings is 1. The van der Waals surface area contributed by atoms with E-state index < -0.39 is 21.7 Å². The van der Waals surface area contributed by atoms with Crippen molar-refractivity contribution in [1.82, 2.24) is 14.8 Å². The van der Waals surface area contributed by atoms with Crippen LogP contribution in [0.25, 0.3) is 22.3 Å². The largest absolute Gasteiger partial charge is 0.366 e. The highest BCUT2D eigenvalue weighted by Crippen LogP contribution is 2.32. The van der Waals surface area contributed by atoms with Gasteiger partial charge in [-0.2, -0.15) is 5.10 Å². The first-order chi connectivity index (χ1) is 17.1. The number of nitrogens with zero attached hydrogens (tertiary/aromatic N) is 3. The van der Waals surface area contributed by atoms with E-state index in [1.54, 1.807) is 41.9 Å². The average Bonchev–Trinajstić information content (AvgIpc) is 3.37. The Kier molecular flexibility index (Phi) is 5.83. The summed E-state index contributed by atoms with van der Waals surface area (Å²) < 4.78 is 26.0. The minimum atomic E-state index is -3.16. The third-order valence-corrected chi connectivity index (χ3v) is 8.17. The van der Waals surface area contributed by atoms with E-state index in [1.165, 1.54) is 0 Å². The van der Waals surface area contributed by atoms with Crippen LogP contribution in [0, 0.1) is 13.8 Å². The number of carbonyl (C=O) groups is 2. The number of para-hydroxylation sites is 1. The van der Waals surface area contributed by atoms with Gasteiger partial charge in [0, 0.05) is 5.56 Å². The van der Waals surface area contributed by atoms with Crippen molar-refractivity contribution in [3.05, 3.63) is 77.0 Å². The number of rotatable bonds is 5. The summed E-state index contributed by atoms with van der Waals surface area (Å²) in [5, 5.41) is 7.96. The predicted molar refractivity (Wildman–Crippen MR) is 138 cm³/mol. The number of nitrogens with two attached hydrogens (primary N) is 1. The zero-order valence-corrected chi connectivity index (χ0v) is 20.7. The lowest BCUT2D eigenvalue weighted by molar-refractivity contribution is 0.100. The van der Waals surface area contributed by atoms with Gasteiger partial charge >= 0.3 is 0 Å². The van der Waals surface area contributed by atoms with E-state index in [0.717, 1.165) is 11.1 Å². The monoisotopic (exact) mass is 503 g/mol. The number of primary amides is 1. The molecule has 1 atom stereocenters. The van der Waals surface area contributed by atoms with Crippen molar-refractivity contribution in [2.75, 3.05) is 16.8 Å². The van der Waals surface area contributed by atoms with Crippen LogP contribution >= 0.6 is 0 Å². The lowest BCUT2D eigenvalue weighted by atomic mass is 10.0. The molecule has 2 aromatic heterocycles. The maximum absolute atomic E-state index is 13.6. The lowest BCUT2D eigenvalue weighted by Gasteiger charge is -2.13. The third kappa shape index (κ3) is 4.35. The Labute approximate surface area is 208 Å². The minimum Gasteiger partial charge on any atom is -0.366 e. The SMILES string of the molecule is Cc1ccc(-c2cc(C(=O)Nc3ccccc3C(N)=O)c3c(C)nn(C4CCS(=O)(=O)C4)c3n2)cc1. The Balaban J connectivity index is 1.68. The van der Waals surface area contributed by atoms with Crippen LogP contribution in [0.2, 0.25) is 0 Å². The summed E-state index contributed by atoms with van der Waals surface area (Å²) in [6.45, 7) is 3.75. The summed E-state index contributed by atoms with van der Waals surface area (Å²) in [6.07, 6.45) is 0.433. The van der Waals surface area contributed by atoms with Gasteiger partial charge in [-0.15, -0.1) is 0 Å². The molecule has 0 aliphatic carbocycles. The molecule has 0 spiro atoms.